The van der Waals surface area contributed by atoms with Crippen molar-refractivity contribution < 1.29 is 17.9 Å². The van der Waals surface area contributed by atoms with Crippen LogP contribution in [0.4, 0.5) is 0 Å². The molecule has 0 atom stereocenters. The molecule has 3 aromatic carbocycles. The number of hydrogen-bond acceptors (Lipinski definition) is 5. The third-order valence-corrected chi connectivity index (χ3v) is 7.39. The highest BCUT2D eigenvalue weighted by Crippen LogP contribution is 2.21. The van der Waals surface area contributed by atoms with E-state index in [-0.39, 0.29) is 10.5 Å². The van der Waals surface area contributed by atoms with Gasteiger partial charge in [-0.05, 0) is 35.4 Å². The molecule has 0 unspecified atom stereocenters. The summed E-state index contributed by atoms with van der Waals surface area (Å²) >= 11 is 1.24. The van der Waals surface area contributed by atoms with Crippen LogP contribution in [0.5, 0.6) is 0 Å². The number of thiazole rings is 1. The van der Waals surface area contributed by atoms with E-state index in [1.54, 1.807) is 12.1 Å². The highest BCUT2D eigenvalue weighted by molar-refractivity contribution is 7.90. The minimum absolute atomic E-state index is 0.0392. The predicted molar refractivity (Wildman–Crippen MR) is 121 cm³/mol. The van der Waals surface area contributed by atoms with E-state index in [9.17, 15) is 13.2 Å². The molecule has 0 bridgehead atoms. The van der Waals surface area contributed by atoms with E-state index in [1.165, 1.54) is 30.6 Å². The summed E-state index contributed by atoms with van der Waals surface area (Å²) in [6, 6.07) is 20.0. The summed E-state index contributed by atoms with van der Waals surface area (Å²) in [4.78, 5) is 12.2. The lowest BCUT2D eigenvalue weighted by Crippen LogP contribution is -2.20. The molecule has 0 spiro atoms. The Bertz CT molecular complexity index is 1440. The van der Waals surface area contributed by atoms with Crippen molar-refractivity contribution in [3.63, 3.8) is 0 Å². The fourth-order valence-electron chi connectivity index (χ4n) is 3.40. The quantitative estimate of drug-likeness (QED) is 0.427. The second kappa shape index (κ2) is 8.49. The monoisotopic (exact) mass is 452 g/mol. The van der Waals surface area contributed by atoms with Crippen LogP contribution in [0.2, 0.25) is 0 Å². The van der Waals surface area contributed by atoms with Crippen molar-refractivity contribution in [2.45, 2.75) is 18.4 Å². The molecule has 31 heavy (non-hydrogen) atoms. The van der Waals surface area contributed by atoms with Gasteiger partial charge >= 0.3 is 5.97 Å². The minimum atomic E-state index is -4.13. The van der Waals surface area contributed by atoms with Gasteiger partial charge in [0.05, 0.1) is 19.2 Å². The molecular formula is C23H20N2O4S2. The Morgan fingerprint density at radius 1 is 1.03 bits per heavy atom. The smallest absolute Gasteiger partial charge is 0.339 e. The zero-order valence-electron chi connectivity index (χ0n) is 17.0. The standard InChI is InChI=1S/C23H20N2O4S2/c1-16-15-30-23(24-31(27,28)21-13-6-5-12-20(21)22(26)29-2)25(16)14-18-10-7-9-17-8-3-4-11-19(17)18/h3-13,15H,14H2,1-2H3/b24-23-. The first-order chi connectivity index (χ1) is 14.9. The Balaban J connectivity index is 1.82. The van der Waals surface area contributed by atoms with E-state index in [0.717, 1.165) is 22.0 Å². The van der Waals surface area contributed by atoms with Crippen LogP contribution in [0.1, 0.15) is 21.6 Å². The summed E-state index contributed by atoms with van der Waals surface area (Å²) in [5, 5.41) is 4.09. The van der Waals surface area contributed by atoms with Crippen molar-refractivity contribution in [1.82, 2.24) is 4.57 Å². The van der Waals surface area contributed by atoms with Gasteiger partial charge in [-0.2, -0.15) is 8.42 Å². The molecule has 0 radical (unpaired) electrons. The van der Waals surface area contributed by atoms with Gasteiger partial charge in [-0.25, -0.2) is 4.79 Å². The maximum atomic E-state index is 13.1. The second-order valence-corrected chi connectivity index (χ2v) is 9.35. The molecule has 0 amide bonds. The average molecular weight is 453 g/mol. The van der Waals surface area contributed by atoms with E-state index in [4.69, 9.17) is 4.74 Å². The molecule has 0 aliphatic rings. The van der Waals surface area contributed by atoms with Gasteiger partial charge in [0.2, 0.25) is 4.80 Å². The number of hydrogen-bond donors (Lipinski definition) is 0. The van der Waals surface area contributed by atoms with Crippen LogP contribution >= 0.6 is 11.3 Å². The molecule has 0 saturated carbocycles. The summed E-state index contributed by atoms with van der Waals surface area (Å²) in [5.41, 5.74) is 1.92. The van der Waals surface area contributed by atoms with E-state index in [2.05, 4.69) is 4.40 Å². The Labute approximate surface area is 184 Å². The van der Waals surface area contributed by atoms with E-state index in [1.807, 2.05) is 59.3 Å². The summed E-state index contributed by atoms with van der Waals surface area (Å²) in [6.07, 6.45) is 0. The van der Waals surface area contributed by atoms with Crippen LogP contribution < -0.4 is 4.80 Å². The van der Waals surface area contributed by atoms with Crippen molar-refractivity contribution in [2.24, 2.45) is 4.40 Å². The van der Waals surface area contributed by atoms with Gasteiger partial charge in [0, 0.05) is 11.1 Å². The lowest BCUT2D eigenvalue weighted by Gasteiger charge is -2.10. The number of carbonyl (C=O) groups is 1. The van der Waals surface area contributed by atoms with Crippen LogP contribution in [0.25, 0.3) is 10.8 Å². The fourth-order valence-corrected chi connectivity index (χ4v) is 5.69. The highest BCUT2D eigenvalue weighted by Gasteiger charge is 2.22. The molecule has 4 rings (SSSR count). The summed E-state index contributed by atoms with van der Waals surface area (Å²) < 4.78 is 36.8. The number of aryl methyl sites for hydroxylation is 1. The van der Waals surface area contributed by atoms with Gasteiger partial charge in [0.1, 0.15) is 4.90 Å². The molecule has 4 aromatic rings. The van der Waals surface area contributed by atoms with Crippen molar-refractivity contribution in [3.8, 4) is 0 Å². The Morgan fingerprint density at radius 2 is 1.74 bits per heavy atom. The molecule has 0 aliphatic heterocycles. The first kappa shape index (κ1) is 21.0. The maximum Gasteiger partial charge on any atom is 0.339 e. The molecule has 1 aromatic heterocycles. The zero-order valence-corrected chi connectivity index (χ0v) is 18.6. The first-order valence-electron chi connectivity index (χ1n) is 9.50. The minimum Gasteiger partial charge on any atom is -0.465 e. The summed E-state index contributed by atoms with van der Waals surface area (Å²) in [6.45, 7) is 2.39. The Morgan fingerprint density at radius 3 is 2.55 bits per heavy atom. The molecule has 158 valence electrons. The van der Waals surface area contributed by atoms with Crippen LogP contribution in [0.15, 0.2) is 81.4 Å². The Hall–Kier alpha value is -3.23. The van der Waals surface area contributed by atoms with Gasteiger partial charge in [0.25, 0.3) is 10.0 Å². The number of sulfonamides is 1. The summed E-state index contributed by atoms with van der Waals surface area (Å²) in [7, 11) is -2.92. The SMILES string of the molecule is COC(=O)c1ccccc1S(=O)(=O)/N=c1\scc(C)n1Cc1cccc2ccccc12. The molecule has 1 heterocycles. The van der Waals surface area contributed by atoms with Crippen LogP contribution in [-0.2, 0) is 21.3 Å². The van der Waals surface area contributed by atoms with E-state index >= 15 is 0 Å². The second-order valence-electron chi connectivity index (χ2n) is 6.94. The number of nitrogens with zero attached hydrogens (tertiary/aromatic N) is 2. The highest BCUT2D eigenvalue weighted by atomic mass is 32.2. The number of methoxy groups -OCH3 is 1. The number of aromatic nitrogens is 1. The zero-order chi connectivity index (χ0) is 22.0. The third kappa shape index (κ3) is 4.17. The molecule has 0 aliphatic carbocycles. The van der Waals surface area contributed by atoms with Crippen LogP contribution in [0.3, 0.4) is 0 Å². The number of esters is 1. The van der Waals surface area contributed by atoms with E-state index < -0.39 is 16.0 Å². The third-order valence-electron chi connectivity index (χ3n) is 4.97. The molecule has 8 heteroatoms. The van der Waals surface area contributed by atoms with Crippen molar-refractivity contribution >= 4 is 38.1 Å². The number of fused-ring (bicyclic) bond motifs is 1. The van der Waals surface area contributed by atoms with Crippen LogP contribution in [-0.4, -0.2) is 26.1 Å². The average Bonchev–Trinajstić information content (AvgIpc) is 3.12. The van der Waals surface area contributed by atoms with Gasteiger partial charge in [-0.3, -0.25) is 0 Å². The van der Waals surface area contributed by atoms with E-state index in [0.29, 0.717) is 11.3 Å². The van der Waals surface area contributed by atoms with Gasteiger partial charge in [-0.15, -0.1) is 15.7 Å². The molecule has 0 fully saturated rings. The molecule has 0 saturated heterocycles. The topological polar surface area (TPSA) is 77.7 Å². The molecular weight excluding hydrogens is 432 g/mol. The number of benzene rings is 3. The largest absolute Gasteiger partial charge is 0.465 e. The van der Waals surface area contributed by atoms with Gasteiger partial charge in [-0.1, -0.05) is 54.6 Å². The van der Waals surface area contributed by atoms with Gasteiger partial charge in [0.15, 0.2) is 0 Å². The number of ether oxygens (including phenoxy) is 1. The molecule has 0 N–H and O–H groups in total. The number of rotatable bonds is 5. The lowest BCUT2D eigenvalue weighted by molar-refractivity contribution is 0.0596. The van der Waals surface area contributed by atoms with Crippen molar-refractivity contribution in [3.05, 3.63) is 93.7 Å². The predicted octanol–water partition coefficient (Wildman–Crippen LogP) is 4.14. The van der Waals surface area contributed by atoms with Crippen molar-refractivity contribution in [1.29, 1.82) is 0 Å². The first-order valence-corrected chi connectivity index (χ1v) is 11.8. The van der Waals surface area contributed by atoms with Gasteiger partial charge < -0.3 is 9.30 Å². The number of carbonyl (C=O) groups excluding carboxylic acids is 1. The fraction of sp³-hybridized carbons (Fsp3) is 0.130. The van der Waals surface area contributed by atoms with Crippen molar-refractivity contribution in [2.75, 3.05) is 7.11 Å². The summed E-state index contributed by atoms with van der Waals surface area (Å²) in [5.74, 6) is -0.722. The van der Waals surface area contributed by atoms with Crippen LogP contribution in [0, 0.1) is 6.92 Å². The normalized spacial score (nSPS) is 12.3. The maximum absolute atomic E-state index is 13.1. The lowest BCUT2D eigenvalue weighted by atomic mass is 10.0. The molecule has 6 nitrogen and oxygen atoms in total. The Kier molecular flexibility index (Phi) is 5.75.